The number of carbonyl (C=O) groups is 2. The second-order valence-corrected chi connectivity index (χ2v) is 12.6. The Balaban J connectivity index is 1.56. The number of nitrogens with one attached hydrogen (secondary N) is 1. The van der Waals surface area contributed by atoms with Gasteiger partial charge in [0.15, 0.2) is 0 Å². The molecule has 1 fully saturated rings. The smallest absolute Gasteiger partial charge is 0.310 e. The van der Waals surface area contributed by atoms with E-state index in [0.717, 1.165) is 25.0 Å². The summed E-state index contributed by atoms with van der Waals surface area (Å²) in [5.41, 5.74) is 0.700. The SMILES string of the molecule is CC(C)(C)COC(=O)Cc1ccc2c(c1)N(S(=O)(=O)c1ccc(F)cc1)C[C@H](CCNC(=O)C1CC1)O2. The van der Waals surface area contributed by atoms with Crippen LogP contribution in [0, 0.1) is 17.2 Å². The number of amides is 1. The van der Waals surface area contributed by atoms with E-state index >= 15 is 0 Å². The van der Waals surface area contributed by atoms with Gasteiger partial charge in [0.2, 0.25) is 5.91 Å². The van der Waals surface area contributed by atoms with Gasteiger partial charge in [0.1, 0.15) is 17.7 Å². The number of hydrogen-bond acceptors (Lipinski definition) is 6. The first-order chi connectivity index (χ1) is 17.4. The quantitative estimate of drug-likeness (QED) is 0.493. The molecular weight excluding hydrogens is 499 g/mol. The standard InChI is InChI=1S/C27H33FN2O6S/c1-27(2,3)17-35-25(31)15-18-4-11-24-23(14-18)30(37(33,34)22-9-7-20(28)8-10-22)16-21(36-24)12-13-29-26(32)19-5-6-19/h4,7-11,14,19,21H,5-6,12-13,15-17H2,1-3H3,(H,29,32)/t21-/m0/s1. The minimum absolute atomic E-state index is 0.00390. The maximum absolute atomic E-state index is 13.6. The fourth-order valence-electron chi connectivity index (χ4n) is 3.94. The van der Waals surface area contributed by atoms with Gasteiger partial charge in [0, 0.05) is 18.9 Å². The van der Waals surface area contributed by atoms with Crippen molar-refractivity contribution in [1.82, 2.24) is 5.32 Å². The molecule has 2 aromatic rings. The number of halogens is 1. The molecule has 2 aromatic carbocycles. The number of sulfonamides is 1. The first-order valence-corrected chi connectivity index (χ1v) is 13.9. The number of nitrogens with zero attached hydrogens (tertiary/aromatic N) is 1. The molecule has 0 saturated heterocycles. The van der Waals surface area contributed by atoms with Crippen molar-refractivity contribution in [3.63, 3.8) is 0 Å². The van der Waals surface area contributed by atoms with Crippen molar-refractivity contribution < 1.29 is 31.9 Å². The highest BCUT2D eigenvalue weighted by Crippen LogP contribution is 2.38. The first-order valence-electron chi connectivity index (χ1n) is 12.4. The van der Waals surface area contributed by atoms with Gasteiger partial charge in [0.05, 0.1) is 30.2 Å². The van der Waals surface area contributed by atoms with E-state index in [1.54, 1.807) is 18.2 Å². The third-order valence-electron chi connectivity index (χ3n) is 6.09. The number of anilines is 1. The van der Waals surface area contributed by atoms with Crippen molar-refractivity contribution in [2.45, 2.75) is 57.5 Å². The van der Waals surface area contributed by atoms with Gasteiger partial charge in [-0.2, -0.15) is 0 Å². The summed E-state index contributed by atoms with van der Waals surface area (Å²) in [6.45, 7) is 6.51. The Kier molecular flexibility index (Phi) is 7.77. The van der Waals surface area contributed by atoms with Crippen LogP contribution in [0.1, 0.15) is 45.6 Å². The van der Waals surface area contributed by atoms with E-state index in [0.29, 0.717) is 30.0 Å². The number of esters is 1. The average molecular weight is 533 g/mol. The summed E-state index contributed by atoms with van der Waals surface area (Å²) < 4.78 is 53.4. The molecule has 1 heterocycles. The van der Waals surface area contributed by atoms with Crippen molar-refractivity contribution in [3.05, 3.63) is 53.8 Å². The Morgan fingerprint density at radius 3 is 2.49 bits per heavy atom. The molecule has 1 N–H and O–H groups in total. The molecule has 37 heavy (non-hydrogen) atoms. The maximum atomic E-state index is 13.6. The highest BCUT2D eigenvalue weighted by atomic mass is 32.2. The van der Waals surface area contributed by atoms with Crippen molar-refractivity contribution in [2.75, 3.05) is 24.0 Å². The number of carbonyl (C=O) groups excluding carboxylic acids is 2. The van der Waals surface area contributed by atoms with Crippen LogP contribution < -0.4 is 14.4 Å². The third-order valence-corrected chi connectivity index (χ3v) is 7.88. The summed E-state index contributed by atoms with van der Waals surface area (Å²) in [6.07, 6.45) is 1.67. The highest BCUT2D eigenvalue weighted by molar-refractivity contribution is 7.92. The normalized spacial score (nSPS) is 17.5. The maximum Gasteiger partial charge on any atom is 0.310 e. The molecular formula is C27H33FN2O6S. The lowest BCUT2D eigenvalue weighted by atomic mass is 9.99. The summed E-state index contributed by atoms with van der Waals surface area (Å²) >= 11 is 0. The molecule has 0 unspecified atom stereocenters. The van der Waals surface area contributed by atoms with Crippen molar-refractivity contribution in [3.8, 4) is 5.75 Å². The Hall–Kier alpha value is -3.14. The van der Waals surface area contributed by atoms with Gasteiger partial charge in [-0.15, -0.1) is 0 Å². The first kappa shape index (κ1) is 26.9. The zero-order valence-corrected chi connectivity index (χ0v) is 22.1. The zero-order chi connectivity index (χ0) is 26.8. The fraction of sp³-hybridized carbons (Fsp3) is 0.481. The second-order valence-electron chi connectivity index (χ2n) is 10.8. The van der Waals surface area contributed by atoms with Crippen LogP contribution in [-0.4, -0.2) is 46.1 Å². The van der Waals surface area contributed by atoms with Crippen LogP contribution in [0.5, 0.6) is 5.75 Å². The molecule has 1 atom stereocenters. The topological polar surface area (TPSA) is 102 Å². The average Bonchev–Trinajstić information content (AvgIpc) is 3.68. The summed E-state index contributed by atoms with van der Waals surface area (Å²) in [7, 11) is -4.06. The molecule has 0 radical (unpaired) electrons. The van der Waals surface area contributed by atoms with E-state index in [4.69, 9.17) is 9.47 Å². The number of ether oxygens (including phenoxy) is 2. The lowest BCUT2D eigenvalue weighted by Crippen LogP contribution is -2.45. The van der Waals surface area contributed by atoms with Crippen LogP contribution in [0.3, 0.4) is 0 Å². The summed E-state index contributed by atoms with van der Waals surface area (Å²) in [5, 5.41) is 2.88. The minimum Gasteiger partial charge on any atom is -0.486 e. The zero-order valence-electron chi connectivity index (χ0n) is 21.3. The van der Waals surface area contributed by atoms with Crippen molar-refractivity contribution in [1.29, 1.82) is 0 Å². The molecule has 4 rings (SSSR count). The molecule has 10 heteroatoms. The lowest BCUT2D eigenvalue weighted by Gasteiger charge is -2.36. The van der Waals surface area contributed by atoms with Crippen LogP contribution in [0.25, 0.3) is 0 Å². The van der Waals surface area contributed by atoms with E-state index in [2.05, 4.69) is 5.32 Å². The molecule has 1 amide bonds. The monoisotopic (exact) mass is 532 g/mol. The van der Waals surface area contributed by atoms with Crippen LogP contribution in [-0.2, 0) is 30.8 Å². The Labute approximate surface area is 217 Å². The molecule has 0 spiro atoms. The lowest BCUT2D eigenvalue weighted by molar-refractivity contribution is -0.145. The number of hydrogen-bond donors (Lipinski definition) is 1. The molecule has 0 aromatic heterocycles. The largest absolute Gasteiger partial charge is 0.486 e. The van der Waals surface area contributed by atoms with Gasteiger partial charge in [0.25, 0.3) is 10.0 Å². The predicted molar refractivity (Wildman–Crippen MR) is 136 cm³/mol. The Morgan fingerprint density at radius 2 is 1.84 bits per heavy atom. The molecule has 8 nitrogen and oxygen atoms in total. The van der Waals surface area contributed by atoms with E-state index in [9.17, 15) is 22.4 Å². The fourth-order valence-corrected chi connectivity index (χ4v) is 5.44. The molecule has 0 bridgehead atoms. The minimum atomic E-state index is -4.06. The van der Waals surface area contributed by atoms with E-state index in [1.165, 1.54) is 16.4 Å². The van der Waals surface area contributed by atoms with E-state index in [1.807, 2.05) is 20.8 Å². The van der Waals surface area contributed by atoms with Crippen LogP contribution in [0.2, 0.25) is 0 Å². The van der Waals surface area contributed by atoms with Gasteiger partial charge in [-0.1, -0.05) is 26.8 Å². The van der Waals surface area contributed by atoms with Gasteiger partial charge in [-0.25, -0.2) is 12.8 Å². The highest BCUT2D eigenvalue weighted by Gasteiger charge is 2.35. The van der Waals surface area contributed by atoms with Crippen molar-refractivity contribution >= 4 is 27.6 Å². The van der Waals surface area contributed by atoms with Crippen molar-refractivity contribution in [2.24, 2.45) is 11.3 Å². The summed E-state index contributed by atoms with van der Waals surface area (Å²) in [6, 6.07) is 9.60. The van der Waals surface area contributed by atoms with Gasteiger partial charge in [-0.05, 0) is 60.2 Å². The Morgan fingerprint density at radius 1 is 1.14 bits per heavy atom. The second kappa shape index (κ2) is 10.7. The van der Waals surface area contributed by atoms with Crippen LogP contribution in [0.4, 0.5) is 10.1 Å². The Bertz CT molecular complexity index is 1250. The molecule has 1 aliphatic heterocycles. The van der Waals surface area contributed by atoms with Gasteiger partial charge >= 0.3 is 5.97 Å². The van der Waals surface area contributed by atoms with Crippen LogP contribution >= 0.6 is 0 Å². The third kappa shape index (κ3) is 7.00. The predicted octanol–water partition coefficient (Wildman–Crippen LogP) is 3.83. The molecule has 200 valence electrons. The number of fused-ring (bicyclic) bond motifs is 1. The molecule has 2 aliphatic rings. The molecule has 1 saturated carbocycles. The molecule has 1 aliphatic carbocycles. The number of rotatable bonds is 9. The summed E-state index contributed by atoms with van der Waals surface area (Å²) in [5.74, 6) is -0.514. The van der Waals surface area contributed by atoms with Gasteiger partial charge < -0.3 is 14.8 Å². The van der Waals surface area contributed by atoms with E-state index < -0.39 is 27.9 Å². The number of benzene rings is 2. The van der Waals surface area contributed by atoms with Gasteiger partial charge in [-0.3, -0.25) is 13.9 Å². The summed E-state index contributed by atoms with van der Waals surface area (Å²) in [4.78, 5) is 24.3. The van der Waals surface area contributed by atoms with Crippen LogP contribution in [0.15, 0.2) is 47.4 Å². The van der Waals surface area contributed by atoms with E-state index in [-0.39, 0.29) is 41.7 Å².